The lowest BCUT2D eigenvalue weighted by Gasteiger charge is -2.28. The van der Waals surface area contributed by atoms with Crippen molar-refractivity contribution in [3.8, 4) is 0 Å². The van der Waals surface area contributed by atoms with E-state index in [9.17, 15) is 0 Å². The van der Waals surface area contributed by atoms with Crippen LogP contribution in [0.25, 0.3) is 0 Å². The van der Waals surface area contributed by atoms with Gasteiger partial charge in [-0.1, -0.05) is 28.8 Å². The molecule has 1 aromatic heterocycles. The van der Waals surface area contributed by atoms with Crippen LogP contribution in [-0.2, 0) is 6.54 Å². The van der Waals surface area contributed by atoms with E-state index in [-0.39, 0.29) is 0 Å². The van der Waals surface area contributed by atoms with E-state index in [1.807, 2.05) is 0 Å². The summed E-state index contributed by atoms with van der Waals surface area (Å²) >= 11 is 3.70. The van der Waals surface area contributed by atoms with Gasteiger partial charge >= 0.3 is 0 Å². The quantitative estimate of drug-likeness (QED) is 0.798. The van der Waals surface area contributed by atoms with E-state index in [0.29, 0.717) is 6.04 Å². The Labute approximate surface area is 118 Å². The molecule has 1 aromatic rings. The molecule has 0 radical (unpaired) electrons. The Morgan fingerprint density at radius 1 is 1.17 bits per heavy atom. The van der Waals surface area contributed by atoms with Crippen molar-refractivity contribution < 1.29 is 0 Å². The van der Waals surface area contributed by atoms with Crippen LogP contribution >= 0.6 is 15.9 Å². The molecule has 0 atom stereocenters. The zero-order valence-corrected chi connectivity index (χ0v) is 12.5. The monoisotopic (exact) mass is 311 g/mol. The maximum Gasteiger partial charge on any atom is 0.0764 e. The average Bonchev–Trinajstić information content (AvgIpc) is 3.02. The Morgan fingerprint density at radius 3 is 2.61 bits per heavy atom. The van der Waals surface area contributed by atoms with Gasteiger partial charge < -0.3 is 0 Å². The smallest absolute Gasteiger partial charge is 0.0764 e. The largest absolute Gasteiger partial charge is 0.297 e. The van der Waals surface area contributed by atoms with Crippen molar-refractivity contribution in [2.75, 3.05) is 13.1 Å². The van der Waals surface area contributed by atoms with Crippen molar-refractivity contribution in [3.05, 3.63) is 18.0 Å². The molecule has 0 bridgehead atoms. The van der Waals surface area contributed by atoms with Gasteiger partial charge in [0.1, 0.15) is 0 Å². The molecule has 0 amide bonds. The molecule has 1 aliphatic carbocycles. The van der Waals surface area contributed by atoms with Crippen molar-refractivity contribution in [2.24, 2.45) is 0 Å². The molecular weight excluding hydrogens is 290 g/mol. The number of rotatable bonds is 3. The van der Waals surface area contributed by atoms with E-state index >= 15 is 0 Å². The Hall–Kier alpha value is -0.350. The molecular formula is C14H22BrN3. The van der Waals surface area contributed by atoms with E-state index < -0.39 is 0 Å². The maximum absolute atomic E-state index is 4.77. The van der Waals surface area contributed by atoms with Gasteiger partial charge in [-0.25, -0.2) is 0 Å². The first kappa shape index (κ1) is 12.7. The highest BCUT2D eigenvalue weighted by molar-refractivity contribution is 9.09. The molecule has 4 heteroatoms. The minimum absolute atomic E-state index is 0.673. The lowest BCUT2D eigenvalue weighted by molar-refractivity contribution is 0.222. The molecule has 3 nitrogen and oxygen atoms in total. The summed E-state index contributed by atoms with van der Waals surface area (Å²) in [7, 11) is 0. The third-order valence-corrected chi connectivity index (χ3v) is 5.18. The third kappa shape index (κ3) is 2.97. The fourth-order valence-corrected chi connectivity index (χ4v) is 3.53. The fraction of sp³-hybridized carbons (Fsp3) is 0.786. The zero-order valence-electron chi connectivity index (χ0n) is 10.9. The van der Waals surface area contributed by atoms with E-state index in [1.165, 1.54) is 57.3 Å². The van der Waals surface area contributed by atoms with Gasteiger partial charge in [0.25, 0.3) is 0 Å². The molecule has 2 fully saturated rings. The van der Waals surface area contributed by atoms with Gasteiger partial charge in [0.2, 0.25) is 0 Å². The first-order valence-electron chi connectivity index (χ1n) is 7.22. The SMILES string of the molecule is BrC1CCN(Cc2ccn(C3CCCC3)n2)CC1. The highest BCUT2D eigenvalue weighted by atomic mass is 79.9. The number of aromatic nitrogens is 2. The molecule has 0 spiro atoms. The van der Waals surface area contributed by atoms with Gasteiger partial charge in [-0.2, -0.15) is 5.10 Å². The normalized spacial score (nSPS) is 23.8. The Bertz CT molecular complexity index is 376. The minimum Gasteiger partial charge on any atom is -0.297 e. The minimum atomic E-state index is 0.673. The predicted molar refractivity (Wildman–Crippen MR) is 77.0 cm³/mol. The predicted octanol–water partition coefficient (Wildman–Crippen LogP) is 3.36. The van der Waals surface area contributed by atoms with Crippen LogP contribution in [0.5, 0.6) is 0 Å². The first-order chi connectivity index (χ1) is 8.81. The number of likely N-dealkylation sites (tertiary alicyclic amines) is 1. The van der Waals surface area contributed by atoms with Crippen LogP contribution in [-0.4, -0.2) is 32.6 Å². The third-order valence-electron chi connectivity index (χ3n) is 4.27. The van der Waals surface area contributed by atoms with Crippen molar-refractivity contribution in [1.29, 1.82) is 0 Å². The number of hydrogen-bond donors (Lipinski definition) is 0. The highest BCUT2D eigenvalue weighted by Gasteiger charge is 2.20. The standard InChI is InChI=1S/C14H22BrN3/c15-12-5-8-17(9-6-12)11-13-7-10-18(16-13)14-3-1-2-4-14/h7,10,12,14H,1-6,8-9,11H2. The van der Waals surface area contributed by atoms with Crippen LogP contribution in [0.4, 0.5) is 0 Å². The van der Waals surface area contributed by atoms with E-state index in [0.717, 1.165) is 11.4 Å². The van der Waals surface area contributed by atoms with Crippen molar-refractivity contribution in [1.82, 2.24) is 14.7 Å². The van der Waals surface area contributed by atoms with E-state index in [2.05, 4.69) is 37.8 Å². The molecule has 1 saturated heterocycles. The second-order valence-corrected chi connectivity index (χ2v) is 6.97. The molecule has 2 aliphatic rings. The summed E-state index contributed by atoms with van der Waals surface area (Å²) in [5.74, 6) is 0. The van der Waals surface area contributed by atoms with Crippen LogP contribution in [0.2, 0.25) is 0 Å². The van der Waals surface area contributed by atoms with Crippen LogP contribution < -0.4 is 0 Å². The molecule has 3 rings (SSSR count). The Kier molecular flexibility index (Phi) is 4.04. The molecule has 0 aromatic carbocycles. The van der Waals surface area contributed by atoms with Gasteiger partial charge in [-0.3, -0.25) is 9.58 Å². The lowest BCUT2D eigenvalue weighted by Crippen LogP contribution is -2.33. The van der Waals surface area contributed by atoms with Gasteiger partial charge in [0.05, 0.1) is 11.7 Å². The summed E-state index contributed by atoms with van der Waals surface area (Å²) in [6, 6.07) is 2.88. The summed E-state index contributed by atoms with van der Waals surface area (Å²) < 4.78 is 2.21. The summed E-state index contributed by atoms with van der Waals surface area (Å²) in [5.41, 5.74) is 1.25. The number of hydrogen-bond acceptors (Lipinski definition) is 2. The Morgan fingerprint density at radius 2 is 1.89 bits per heavy atom. The second-order valence-electron chi connectivity index (χ2n) is 5.68. The van der Waals surface area contributed by atoms with Crippen molar-refractivity contribution in [2.45, 2.75) is 55.9 Å². The number of alkyl halides is 1. The Balaban J connectivity index is 1.56. The van der Waals surface area contributed by atoms with Gasteiger partial charge in [0.15, 0.2) is 0 Å². The van der Waals surface area contributed by atoms with E-state index in [4.69, 9.17) is 5.10 Å². The average molecular weight is 312 g/mol. The summed E-state index contributed by atoms with van der Waals surface area (Å²) in [6.45, 7) is 3.43. The van der Waals surface area contributed by atoms with Crippen LogP contribution in [0.3, 0.4) is 0 Å². The molecule has 18 heavy (non-hydrogen) atoms. The highest BCUT2D eigenvalue weighted by Crippen LogP contribution is 2.28. The molecule has 1 saturated carbocycles. The van der Waals surface area contributed by atoms with Gasteiger partial charge in [-0.05, 0) is 44.8 Å². The number of halogens is 1. The molecule has 0 N–H and O–H groups in total. The van der Waals surface area contributed by atoms with Crippen LogP contribution in [0, 0.1) is 0 Å². The molecule has 100 valence electrons. The van der Waals surface area contributed by atoms with Gasteiger partial charge in [0, 0.05) is 17.6 Å². The van der Waals surface area contributed by atoms with E-state index in [1.54, 1.807) is 0 Å². The number of nitrogens with zero attached hydrogens (tertiary/aromatic N) is 3. The van der Waals surface area contributed by atoms with Crippen LogP contribution in [0.1, 0.15) is 50.3 Å². The fourth-order valence-electron chi connectivity index (χ4n) is 3.12. The molecule has 0 unspecified atom stereocenters. The van der Waals surface area contributed by atoms with Crippen molar-refractivity contribution in [3.63, 3.8) is 0 Å². The zero-order chi connectivity index (χ0) is 12.4. The molecule has 2 heterocycles. The first-order valence-corrected chi connectivity index (χ1v) is 8.13. The summed E-state index contributed by atoms with van der Waals surface area (Å²) in [4.78, 5) is 3.25. The van der Waals surface area contributed by atoms with Crippen molar-refractivity contribution >= 4 is 15.9 Å². The maximum atomic E-state index is 4.77. The van der Waals surface area contributed by atoms with Crippen LogP contribution in [0.15, 0.2) is 12.3 Å². The topological polar surface area (TPSA) is 21.1 Å². The summed E-state index contributed by atoms with van der Waals surface area (Å²) in [6.07, 6.45) is 10.1. The lowest BCUT2D eigenvalue weighted by atomic mass is 10.1. The number of piperidine rings is 1. The molecule has 1 aliphatic heterocycles. The summed E-state index contributed by atoms with van der Waals surface area (Å²) in [5, 5.41) is 4.77. The second kappa shape index (κ2) is 5.74. The van der Waals surface area contributed by atoms with Gasteiger partial charge in [-0.15, -0.1) is 0 Å².